The van der Waals surface area contributed by atoms with Crippen molar-refractivity contribution in [3.8, 4) is 0 Å². The fraction of sp³-hybridized carbons (Fsp3) is 0.778. The number of hydrogen-bond donors (Lipinski definition) is 2. The first-order valence-electron chi connectivity index (χ1n) is 4.36. The Morgan fingerprint density at radius 1 is 1.64 bits per heavy atom. The maximum Gasteiger partial charge on any atom is 0.0394 e. The molecule has 1 unspecified atom stereocenters. The molecule has 2 nitrogen and oxygen atoms in total. The Hall–Kier alpha value is -0.500. The van der Waals surface area contributed by atoms with E-state index in [4.69, 9.17) is 0 Å². The van der Waals surface area contributed by atoms with Crippen LogP contribution < -0.4 is 10.6 Å². The van der Waals surface area contributed by atoms with Crippen LogP contribution in [0.3, 0.4) is 0 Å². The highest BCUT2D eigenvalue weighted by Crippen LogP contribution is 2.06. The molecular formula is C9H18N2. The molecule has 0 bridgehead atoms. The normalized spacial score (nSPS) is 24.1. The van der Waals surface area contributed by atoms with Gasteiger partial charge in [0.25, 0.3) is 0 Å². The van der Waals surface area contributed by atoms with Gasteiger partial charge in [0, 0.05) is 18.3 Å². The molecule has 1 atom stereocenters. The zero-order chi connectivity index (χ0) is 8.27. The van der Waals surface area contributed by atoms with Crippen LogP contribution in [0.25, 0.3) is 0 Å². The molecule has 0 aromatic rings. The molecule has 0 spiro atoms. The lowest BCUT2D eigenvalue weighted by atomic mass is 10.1. The summed E-state index contributed by atoms with van der Waals surface area (Å²) >= 11 is 0. The van der Waals surface area contributed by atoms with E-state index in [0.717, 1.165) is 13.1 Å². The van der Waals surface area contributed by atoms with Crippen LogP contribution in [-0.4, -0.2) is 19.1 Å². The van der Waals surface area contributed by atoms with Crippen LogP contribution in [0.5, 0.6) is 0 Å². The quantitative estimate of drug-likeness (QED) is 0.636. The third kappa shape index (κ3) is 2.54. The van der Waals surface area contributed by atoms with Crippen molar-refractivity contribution in [3.63, 3.8) is 0 Å². The van der Waals surface area contributed by atoms with Crippen molar-refractivity contribution < 1.29 is 0 Å². The molecule has 0 aromatic carbocycles. The summed E-state index contributed by atoms with van der Waals surface area (Å²) in [7, 11) is 0. The summed E-state index contributed by atoms with van der Waals surface area (Å²) in [6.07, 6.45) is 1.23. The molecule has 0 amide bonds. The lowest BCUT2D eigenvalue weighted by molar-refractivity contribution is 0.559. The van der Waals surface area contributed by atoms with Crippen LogP contribution in [0.4, 0.5) is 0 Å². The zero-order valence-corrected chi connectivity index (χ0v) is 7.48. The first-order chi connectivity index (χ1) is 5.20. The summed E-state index contributed by atoms with van der Waals surface area (Å²) in [5.74, 6) is 0.551. The maximum absolute atomic E-state index is 3.98. The minimum Gasteiger partial charge on any atom is -0.385 e. The molecular weight excluding hydrogens is 136 g/mol. The van der Waals surface area contributed by atoms with E-state index < -0.39 is 0 Å². The monoisotopic (exact) mass is 154 g/mol. The molecule has 0 saturated carbocycles. The van der Waals surface area contributed by atoms with Crippen LogP contribution >= 0.6 is 0 Å². The van der Waals surface area contributed by atoms with Crippen molar-refractivity contribution in [1.29, 1.82) is 0 Å². The molecule has 2 N–H and O–H groups in total. The third-order valence-electron chi connectivity index (χ3n) is 2.15. The Bertz CT molecular complexity index is 134. The average Bonchev–Trinajstić information content (AvgIpc) is 2.39. The van der Waals surface area contributed by atoms with E-state index in [-0.39, 0.29) is 0 Å². The molecule has 2 heteroatoms. The second kappa shape index (κ2) is 3.77. The fourth-order valence-electron chi connectivity index (χ4n) is 1.21. The standard InChI is InChI=1S/C9H18N2/c1-7(2)8(3)11-9-4-5-10-6-9/h7,9-11H,3-6H2,1-2H3. The molecule has 1 saturated heterocycles. The Morgan fingerprint density at radius 2 is 2.36 bits per heavy atom. The molecule has 0 aromatic heterocycles. The van der Waals surface area contributed by atoms with Crippen molar-refractivity contribution in [2.24, 2.45) is 5.92 Å². The summed E-state index contributed by atoms with van der Waals surface area (Å²) in [6, 6.07) is 0.616. The number of hydrogen-bond acceptors (Lipinski definition) is 2. The summed E-state index contributed by atoms with van der Waals surface area (Å²) in [6.45, 7) is 10.5. The second-order valence-corrected chi connectivity index (χ2v) is 3.51. The topological polar surface area (TPSA) is 24.1 Å². The van der Waals surface area contributed by atoms with Crippen molar-refractivity contribution >= 4 is 0 Å². The number of allylic oxidation sites excluding steroid dienone is 1. The van der Waals surface area contributed by atoms with Crippen LogP contribution in [-0.2, 0) is 0 Å². The largest absolute Gasteiger partial charge is 0.385 e. The van der Waals surface area contributed by atoms with E-state index in [1.54, 1.807) is 0 Å². The predicted octanol–water partition coefficient (Wildman–Crippen LogP) is 1.11. The van der Waals surface area contributed by atoms with Gasteiger partial charge >= 0.3 is 0 Å². The second-order valence-electron chi connectivity index (χ2n) is 3.51. The van der Waals surface area contributed by atoms with Gasteiger partial charge in [0.2, 0.25) is 0 Å². The van der Waals surface area contributed by atoms with E-state index in [1.165, 1.54) is 12.1 Å². The van der Waals surface area contributed by atoms with Gasteiger partial charge in [-0.3, -0.25) is 0 Å². The van der Waals surface area contributed by atoms with Crippen molar-refractivity contribution in [1.82, 2.24) is 10.6 Å². The summed E-state index contributed by atoms with van der Waals surface area (Å²) in [5.41, 5.74) is 1.17. The minimum absolute atomic E-state index is 0.551. The van der Waals surface area contributed by atoms with Gasteiger partial charge in [-0.25, -0.2) is 0 Å². The Morgan fingerprint density at radius 3 is 2.82 bits per heavy atom. The highest BCUT2D eigenvalue weighted by Gasteiger charge is 2.14. The SMILES string of the molecule is C=C(NC1CCNC1)C(C)C. The third-order valence-corrected chi connectivity index (χ3v) is 2.15. The van der Waals surface area contributed by atoms with Gasteiger partial charge in [0.1, 0.15) is 0 Å². The zero-order valence-electron chi connectivity index (χ0n) is 7.48. The molecule has 1 heterocycles. The van der Waals surface area contributed by atoms with Crippen molar-refractivity contribution in [2.45, 2.75) is 26.3 Å². The van der Waals surface area contributed by atoms with Gasteiger partial charge in [-0.1, -0.05) is 20.4 Å². The van der Waals surface area contributed by atoms with Crippen LogP contribution in [0.1, 0.15) is 20.3 Å². The molecule has 64 valence electrons. The lowest BCUT2D eigenvalue weighted by Gasteiger charge is -2.17. The van der Waals surface area contributed by atoms with Crippen molar-refractivity contribution in [2.75, 3.05) is 13.1 Å². The fourth-order valence-corrected chi connectivity index (χ4v) is 1.21. The summed E-state index contributed by atoms with van der Waals surface area (Å²) in [5, 5.41) is 6.73. The summed E-state index contributed by atoms with van der Waals surface area (Å²) in [4.78, 5) is 0. The van der Waals surface area contributed by atoms with E-state index in [1.807, 2.05) is 0 Å². The number of rotatable bonds is 3. The Balaban J connectivity index is 2.24. The highest BCUT2D eigenvalue weighted by atomic mass is 15.0. The van der Waals surface area contributed by atoms with Crippen LogP contribution in [0.15, 0.2) is 12.3 Å². The molecule has 0 aliphatic carbocycles. The van der Waals surface area contributed by atoms with Crippen molar-refractivity contribution in [3.05, 3.63) is 12.3 Å². The first-order valence-corrected chi connectivity index (χ1v) is 4.36. The van der Waals surface area contributed by atoms with Gasteiger partial charge in [-0.05, 0) is 18.9 Å². The van der Waals surface area contributed by atoms with Gasteiger partial charge in [0.15, 0.2) is 0 Å². The highest BCUT2D eigenvalue weighted by molar-refractivity contribution is 4.98. The average molecular weight is 154 g/mol. The molecule has 1 fully saturated rings. The minimum atomic E-state index is 0.551. The molecule has 1 aliphatic rings. The number of nitrogens with one attached hydrogen (secondary N) is 2. The van der Waals surface area contributed by atoms with E-state index in [2.05, 4.69) is 31.1 Å². The molecule has 1 aliphatic heterocycles. The Kier molecular flexibility index (Phi) is 2.94. The molecule has 0 radical (unpaired) electrons. The van der Waals surface area contributed by atoms with Gasteiger partial charge in [-0.15, -0.1) is 0 Å². The summed E-state index contributed by atoms with van der Waals surface area (Å²) < 4.78 is 0. The van der Waals surface area contributed by atoms with E-state index in [0.29, 0.717) is 12.0 Å². The molecule has 1 rings (SSSR count). The van der Waals surface area contributed by atoms with E-state index in [9.17, 15) is 0 Å². The predicted molar refractivity (Wildman–Crippen MR) is 48.4 cm³/mol. The van der Waals surface area contributed by atoms with Gasteiger partial charge < -0.3 is 10.6 Å². The molecule has 11 heavy (non-hydrogen) atoms. The first kappa shape index (κ1) is 8.60. The van der Waals surface area contributed by atoms with Crippen LogP contribution in [0.2, 0.25) is 0 Å². The van der Waals surface area contributed by atoms with Gasteiger partial charge in [-0.2, -0.15) is 0 Å². The van der Waals surface area contributed by atoms with Crippen LogP contribution in [0, 0.1) is 5.92 Å². The van der Waals surface area contributed by atoms with E-state index >= 15 is 0 Å². The maximum atomic E-state index is 3.98. The van der Waals surface area contributed by atoms with Gasteiger partial charge in [0.05, 0.1) is 0 Å². The Labute approximate surface area is 69.1 Å². The lowest BCUT2D eigenvalue weighted by Crippen LogP contribution is -2.31. The smallest absolute Gasteiger partial charge is 0.0394 e.